The van der Waals surface area contributed by atoms with Crippen molar-refractivity contribution in [3.63, 3.8) is 0 Å². The fourth-order valence-electron chi connectivity index (χ4n) is 3.53. The van der Waals surface area contributed by atoms with E-state index >= 15 is 0 Å². The quantitative estimate of drug-likeness (QED) is 0.268. The van der Waals surface area contributed by atoms with Gasteiger partial charge in [0, 0.05) is 15.4 Å². The van der Waals surface area contributed by atoms with Crippen LogP contribution in [0, 0.1) is 27.7 Å². The number of hydrogen-bond donors (Lipinski definition) is 0. The average molecular weight is 546 g/mol. The molecule has 30 heavy (non-hydrogen) atoms. The van der Waals surface area contributed by atoms with Crippen LogP contribution in [0.3, 0.4) is 0 Å². The molecule has 7 heteroatoms. The van der Waals surface area contributed by atoms with Crippen LogP contribution < -0.4 is 0 Å². The maximum absolute atomic E-state index is 4.88. The highest BCUT2D eigenvalue weighted by molar-refractivity contribution is 9.10. The van der Waals surface area contributed by atoms with E-state index in [0.717, 1.165) is 37.3 Å². The lowest BCUT2D eigenvalue weighted by Crippen LogP contribution is -2.24. The molecule has 0 N–H and O–H groups in total. The second-order valence-electron chi connectivity index (χ2n) is 7.19. The van der Waals surface area contributed by atoms with E-state index in [1.807, 2.05) is 19.9 Å². The minimum Gasteiger partial charge on any atom is -0.239 e. The second kappa shape index (κ2) is 8.73. The van der Waals surface area contributed by atoms with Crippen LogP contribution in [0.15, 0.2) is 73.3 Å². The van der Waals surface area contributed by atoms with Crippen LogP contribution >= 0.6 is 43.6 Å². The first-order chi connectivity index (χ1) is 14.4. The molecule has 0 saturated carbocycles. The van der Waals surface area contributed by atoms with E-state index in [0.29, 0.717) is 0 Å². The molecule has 0 fully saturated rings. The molecule has 0 saturated heterocycles. The van der Waals surface area contributed by atoms with Gasteiger partial charge in [-0.05, 0) is 77.8 Å². The highest BCUT2D eigenvalue weighted by atomic mass is 79.9. The van der Waals surface area contributed by atoms with E-state index in [1.165, 1.54) is 9.79 Å². The number of hydrogen-bond acceptors (Lipinski definition) is 3. The zero-order valence-corrected chi connectivity index (χ0v) is 21.2. The third-order valence-electron chi connectivity index (χ3n) is 5.10. The van der Waals surface area contributed by atoms with Crippen molar-refractivity contribution in [1.29, 1.82) is 0 Å². The van der Waals surface area contributed by atoms with E-state index in [-0.39, 0.29) is 6.17 Å². The van der Waals surface area contributed by atoms with Crippen LogP contribution in [0.25, 0.3) is 0 Å². The Bertz CT molecular complexity index is 1150. The number of aryl methyl sites for hydroxylation is 2. The molecule has 4 aromatic rings. The van der Waals surface area contributed by atoms with Gasteiger partial charge in [0.05, 0.1) is 31.7 Å². The number of aromatic nitrogens is 4. The number of rotatable bonds is 5. The maximum Gasteiger partial charge on any atom is 0.170 e. The Hall–Kier alpha value is -1.83. The highest BCUT2D eigenvalue weighted by Gasteiger charge is 2.27. The SMILES string of the molecule is Cc1nn(C(c2ccccc2Sc2ccccc2)n2nc(C)c(Br)c2C)c(C)c1Br. The molecule has 0 radical (unpaired) electrons. The maximum atomic E-state index is 4.88. The van der Waals surface area contributed by atoms with Crippen LogP contribution in [0.5, 0.6) is 0 Å². The Morgan fingerprint density at radius 3 is 1.73 bits per heavy atom. The lowest BCUT2D eigenvalue weighted by molar-refractivity contribution is 0.396. The monoisotopic (exact) mass is 544 g/mol. The first-order valence-corrected chi connectivity index (χ1v) is 12.0. The molecule has 0 bridgehead atoms. The predicted octanol–water partition coefficient (Wildman–Crippen LogP) is 7.08. The van der Waals surface area contributed by atoms with Crippen molar-refractivity contribution in [2.24, 2.45) is 0 Å². The third-order valence-corrected chi connectivity index (χ3v) is 8.50. The molecule has 0 spiro atoms. The van der Waals surface area contributed by atoms with E-state index in [1.54, 1.807) is 11.8 Å². The normalized spacial score (nSPS) is 11.4. The van der Waals surface area contributed by atoms with E-state index < -0.39 is 0 Å². The number of benzene rings is 2. The Labute approximate surface area is 198 Å². The summed E-state index contributed by atoms with van der Waals surface area (Å²) in [7, 11) is 0. The molecule has 2 aromatic carbocycles. The van der Waals surface area contributed by atoms with Crippen molar-refractivity contribution in [2.45, 2.75) is 43.7 Å². The summed E-state index contributed by atoms with van der Waals surface area (Å²) in [6.45, 7) is 8.22. The van der Waals surface area contributed by atoms with Gasteiger partial charge in [0.2, 0.25) is 0 Å². The molecule has 0 atom stereocenters. The molecule has 4 nitrogen and oxygen atoms in total. The van der Waals surface area contributed by atoms with Crippen LogP contribution in [0.2, 0.25) is 0 Å². The Kier molecular flexibility index (Phi) is 6.23. The number of halogens is 2. The molecule has 0 aliphatic rings. The summed E-state index contributed by atoms with van der Waals surface area (Å²) in [4.78, 5) is 2.38. The molecular formula is C23H22Br2N4S. The van der Waals surface area contributed by atoms with Gasteiger partial charge in [-0.2, -0.15) is 10.2 Å². The molecular weight excluding hydrogens is 524 g/mol. The van der Waals surface area contributed by atoms with Crippen LogP contribution in [0.4, 0.5) is 0 Å². The molecule has 4 rings (SSSR count). The van der Waals surface area contributed by atoms with E-state index in [4.69, 9.17) is 10.2 Å². The molecule has 154 valence electrons. The lowest BCUT2D eigenvalue weighted by atomic mass is 10.1. The summed E-state index contributed by atoms with van der Waals surface area (Å²) < 4.78 is 6.19. The highest BCUT2D eigenvalue weighted by Crippen LogP contribution is 2.38. The fraction of sp³-hybridized carbons (Fsp3) is 0.217. The van der Waals surface area contributed by atoms with Crippen molar-refractivity contribution in [1.82, 2.24) is 19.6 Å². The van der Waals surface area contributed by atoms with Gasteiger partial charge in [-0.3, -0.25) is 0 Å². The molecule has 0 aliphatic heterocycles. The standard InChI is InChI=1S/C23H22Br2N4S/c1-14-21(24)16(3)28(26-14)23(29-17(4)22(25)15(2)27-29)19-12-8-9-13-20(19)30-18-10-6-5-7-11-18/h5-13,23H,1-4H3. The van der Waals surface area contributed by atoms with Crippen molar-refractivity contribution in [3.05, 3.63) is 91.9 Å². The average Bonchev–Trinajstić information content (AvgIpc) is 3.15. The van der Waals surface area contributed by atoms with Gasteiger partial charge in [0.25, 0.3) is 0 Å². The van der Waals surface area contributed by atoms with Crippen molar-refractivity contribution < 1.29 is 0 Å². The summed E-state index contributed by atoms with van der Waals surface area (Å²) in [5.74, 6) is 0. The minimum atomic E-state index is -0.201. The van der Waals surface area contributed by atoms with Crippen LogP contribution in [-0.4, -0.2) is 19.6 Å². The Morgan fingerprint density at radius 1 is 0.733 bits per heavy atom. The third kappa shape index (κ3) is 3.90. The summed E-state index contributed by atoms with van der Waals surface area (Å²) in [5.41, 5.74) is 5.22. The fourth-order valence-corrected chi connectivity index (χ4v) is 5.04. The van der Waals surface area contributed by atoms with Crippen molar-refractivity contribution >= 4 is 43.6 Å². The van der Waals surface area contributed by atoms with E-state index in [9.17, 15) is 0 Å². The van der Waals surface area contributed by atoms with Crippen molar-refractivity contribution in [3.8, 4) is 0 Å². The minimum absolute atomic E-state index is 0.201. The topological polar surface area (TPSA) is 35.6 Å². The van der Waals surface area contributed by atoms with Gasteiger partial charge in [-0.1, -0.05) is 48.2 Å². The van der Waals surface area contributed by atoms with Gasteiger partial charge in [-0.25, -0.2) is 9.36 Å². The second-order valence-corrected chi connectivity index (χ2v) is 9.89. The Morgan fingerprint density at radius 2 is 1.23 bits per heavy atom. The Balaban J connectivity index is 1.93. The zero-order valence-electron chi connectivity index (χ0n) is 17.2. The largest absolute Gasteiger partial charge is 0.239 e. The predicted molar refractivity (Wildman–Crippen MR) is 129 cm³/mol. The summed E-state index contributed by atoms with van der Waals surface area (Å²) in [6, 6.07) is 19.0. The summed E-state index contributed by atoms with van der Waals surface area (Å²) in [6.07, 6.45) is -0.201. The number of nitrogens with zero attached hydrogens (tertiary/aromatic N) is 4. The smallest absolute Gasteiger partial charge is 0.170 e. The zero-order chi connectivity index (χ0) is 21.4. The van der Waals surface area contributed by atoms with Gasteiger partial charge in [0.1, 0.15) is 0 Å². The molecule has 0 aliphatic carbocycles. The molecule has 2 aromatic heterocycles. The summed E-state index contributed by atoms with van der Waals surface area (Å²) in [5, 5.41) is 9.75. The van der Waals surface area contributed by atoms with Gasteiger partial charge < -0.3 is 0 Å². The van der Waals surface area contributed by atoms with Gasteiger partial charge in [0.15, 0.2) is 6.17 Å². The van der Waals surface area contributed by atoms with Gasteiger partial charge >= 0.3 is 0 Å². The van der Waals surface area contributed by atoms with E-state index in [2.05, 4.69) is 104 Å². The lowest BCUT2D eigenvalue weighted by Gasteiger charge is -2.24. The van der Waals surface area contributed by atoms with Crippen LogP contribution in [-0.2, 0) is 0 Å². The summed E-state index contributed by atoms with van der Waals surface area (Å²) >= 11 is 9.15. The first-order valence-electron chi connectivity index (χ1n) is 9.62. The molecule has 0 unspecified atom stereocenters. The van der Waals surface area contributed by atoms with Crippen LogP contribution in [0.1, 0.15) is 34.5 Å². The first kappa shape index (κ1) is 21.4. The molecule has 2 heterocycles. The molecule has 0 amide bonds. The van der Waals surface area contributed by atoms with Crippen molar-refractivity contribution in [2.75, 3.05) is 0 Å². The van der Waals surface area contributed by atoms with Gasteiger partial charge in [-0.15, -0.1) is 0 Å².